The number of halogens is 1. The van der Waals surface area contributed by atoms with Crippen LogP contribution in [0, 0.1) is 23.7 Å². The van der Waals surface area contributed by atoms with Crippen molar-refractivity contribution in [3.05, 3.63) is 11.1 Å². The minimum absolute atomic E-state index is 0.342. The van der Waals surface area contributed by atoms with E-state index in [0.29, 0.717) is 11.8 Å². The lowest BCUT2D eigenvalue weighted by Gasteiger charge is -2.25. The van der Waals surface area contributed by atoms with Crippen molar-refractivity contribution in [1.82, 2.24) is 0 Å². The lowest BCUT2D eigenvalue weighted by Crippen LogP contribution is -2.25. The van der Waals surface area contributed by atoms with Crippen LogP contribution in [0.4, 0.5) is 0 Å². The van der Waals surface area contributed by atoms with E-state index in [1.54, 1.807) is 0 Å². The van der Waals surface area contributed by atoms with E-state index in [1.807, 2.05) is 0 Å². The van der Waals surface area contributed by atoms with Crippen molar-refractivity contribution >= 4 is 11.6 Å². The van der Waals surface area contributed by atoms with Crippen LogP contribution in [0.3, 0.4) is 0 Å². The van der Waals surface area contributed by atoms with Crippen LogP contribution in [0.5, 0.6) is 0 Å². The SMILES string of the molecule is OC1C(Cl)=CC2CC1C1CCCC21. The van der Waals surface area contributed by atoms with Crippen molar-refractivity contribution in [2.24, 2.45) is 23.7 Å². The van der Waals surface area contributed by atoms with Gasteiger partial charge in [-0.2, -0.15) is 0 Å². The Balaban J connectivity index is 1.97. The summed E-state index contributed by atoms with van der Waals surface area (Å²) < 4.78 is 0. The van der Waals surface area contributed by atoms with Crippen LogP contribution in [-0.4, -0.2) is 11.2 Å². The first kappa shape index (κ1) is 8.31. The van der Waals surface area contributed by atoms with Crippen molar-refractivity contribution < 1.29 is 5.11 Å². The zero-order valence-corrected chi connectivity index (χ0v) is 8.37. The molecule has 5 atom stereocenters. The standard InChI is InChI=1S/C11H15ClO/c12-10-5-6-4-9(11(10)13)8-3-1-2-7(6)8/h5-9,11,13H,1-4H2. The van der Waals surface area contributed by atoms with Gasteiger partial charge in [-0.1, -0.05) is 24.1 Å². The first-order valence-electron chi connectivity index (χ1n) is 5.32. The molecule has 0 saturated heterocycles. The van der Waals surface area contributed by atoms with E-state index < -0.39 is 0 Å². The molecule has 13 heavy (non-hydrogen) atoms. The molecule has 3 aliphatic rings. The van der Waals surface area contributed by atoms with E-state index in [9.17, 15) is 5.11 Å². The van der Waals surface area contributed by atoms with Gasteiger partial charge in [-0.25, -0.2) is 0 Å². The van der Waals surface area contributed by atoms with E-state index in [1.165, 1.54) is 25.7 Å². The highest BCUT2D eigenvalue weighted by molar-refractivity contribution is 6.30. The van der Waals surface area contributed by atoms with Crippen molar-refractivity contribution in [2.45, 2.75) is 31.8 Å². The summed E-state index contributed by atoms with van der Waals surface area (Å²) >= 11 is 6.02. The molecule has 1 N–H and O–H groups in total. The average Bonchev–Trinajstić information content (AvgIpc) is 2.64. The fraction of sp³-hybridized carbons (Fsp3) is 0.818. The Morgan fingerprint density at radius 2 is 2.00 bits per heavy atom. The van der Waals surface area contributed by atoms with Crippen molar-refractivity contribution in [1.29, 1.82) is 0 Å². The van der Waals surface area contributed by atoms with E-state index in [0.717, 1.165) is 16.9 Å². The normalized spacial score (nSPS) is 53.4. The van der Waals surface area contributed by atoms with Crippen LogP contribution < -0.4 is 0 Å². The Labute approximate surface area is 83.8 Å². The summed E-state index contributed by atoms with van der Waals surface area (Å²) in [6.45, 7) is 0. The molecule has 2 saturated carbocycles. The van der Waals surface area contributed by atoms with Crippen LogP contribution in [0.15, 0.2) is 11.1 Å². The maximum absolute atomic E-state index is 9.91. The van der Waals surface area contributed by atoms with Gasteiger partial charge in [0, 0.05) is 5.03 Å². The molecule has 2 heteroatoms. The smallest absolute Gasteiger partial charge is 0.0923 e. The lowest BCUT2D eigenvalue weighted by atomic mass is 9.87. The summed E-state index contributed by atoms with van der Waals surface area (Å²) in [4.78, 5) is 0. The quantitative estimate of drug-likeness (QED) is 0.634. The summed E-state index contributed by atoms with van der Waals surface area (Å²) in [6.07, 6.45) is 7.01. The van der Waals surface area contributed by atoms with Crippen molar-refractivity contribution in [2.75, 3.05) is 0 Å². The molecule has 1 nitrogen and oxygen atoms in total. The van der Waals surface area contributed by atoms with E-state index >= 15 is 0 Å². The molecule has 0 heterocycles. The highest BCUT2D eigenvalue weighted by Gasteiger charge is 2.50. The number of rotatable bonds is 0. The number of aliphatic hydroxyl groups excluding tert-OH is 1. The molecule has 72 valence electrons. The third-order valence-corrected chi connectivity index (χ3v) is 4.68. The second kappa shape index (κ2) is 2.74. The van der Waals surface area contributed by atoms with Crippen LogP contribution in [-0.2, 0) is 0 Å². The molecule has 0 aromatic carbocycles. The van der Waals surface area contributed by atoms with Crippen LogP contribution >= 0.6 is 11.6 Å². The van der Waals surface area contributed by atoms with Gasteiger partial charge in [-0.15, -0.1) is 0 Å². The zero-order chi connectivity index (χ0) is 9.00. The molecule has 0 spiro atoms. The fourth-order valence-electron chi connectivity index (χ4n) is 3.81. The number of hydrogen-bond acceptors (Lipinski definition) is 1. The Bertz CT molecular complexity index is 261. The molecule has 2 bridgehead atoms. The van der Waals surface area contributed by atoms with Crippen LogP contribution in [0.1, 0.15) is 25.7 Å². The van der Waals surface area contributed by atoms with Gasteiger partial charge < -0.3 is 5.11 Å². The first-order valence-corrected chi connectivity index (χ1v) is 5.70. The maximum atomic E-state index is 9.91. The number of allylic oxidation sites excluding steroid dienone is 1. The topological polar surface area (TPSA) is 20.2 Å². The molecule has 0 radical (unpaired) electrons. The summed E-state index contributed by atoms with van der Waals surface area (Å²) in [5, 5.41) is 10.6. The third-order valence-electron chi connectivity index (χ3n) is 4.33. The summed E-state index contributed by atoms with van der Waals surface area (Å²) in [5.41, 5.74) is 0. The van der Waals surface area contributed by atoms with Crippen LogP contribution in [0.25, 0.3) is 0 Å². The predicted molar refractivity (Wildman–Crippen MR) is 52.4 cm³/mol. The van der Waals surface area contributed by atoms with E-state index in [2.05, 4.69) is 6.08 Å². The Hall–Kier alpha value is -0.0100. The van der Waals surface area contributed by atoms with Gasteiger partial charge in [0.2, 0.25) is 0 Å². The van der Waals surface area contributed by atoms with Gasteiger partial charge in [0.25, 0.3) is 0 Å². The second-order valence-electron chi connectivity index (χ2n) is 4.82. The minimum atomic E-state index is -0.342. The monoisotopic (exact) mass is 198 g/mol. The second-order valence-corrected chi connectivity index (χ2v) is 5.25. The molecule has 0 aliphatic heterocycles. The van der Waals surface area contributed by atoms with Gasteiger partial charge in [0.1, 0.15) is 0 Å². The third kappa shape index (κ3) is 1.04. The summed E-state index contributed by atoms with van der Waals surface area (Å²) in [6, 6.07) is 0. The average molecular weight is 199 g/mol. The molecule has 5 unspecified atom stereocenters. The van der Waals surface area contributed by atoms with Gasteiger partial charge >= 0.3 is 0 Å². The molecule has 0 aromatic rings. The van der Waals surface area contributed by atoms with E-state index in [4.69, 9.17) is 11.6 Å². The Morgan fingerprint density at radius 1 is 1.23 bits per heavy atom. The largest absolute Gasteiger partial charge is 0.387 e. The number of fused-ring (bicyclic) bond motifs is 5. The molecule has 0 aromatic heterocycles. The predicted octanol–water partition coefficient (Wildman–Crippen LogP) is 2.54. The highest BCUT2D eigenvalue weighted by atomic mass is 35.5. The van der Waals surface area contributed by atoms with Crippen molar-refractivity contribution in [3.8, 4) is 0 Å². The van der Waals surface area contributed by atoms with Gasteiger partial charge in [0.05, 0.1) is 6.10 Å². The lowest BCUT2D eigenvalue weighted by molar-refractivity contribution is 0.116. The molecule has 2 fully saturated rings. The fourth-order valence-corrected chi connectivity index (χ4v) is 4.13. The number of hydrogen-bond donors (Lipinski definition) is 1. The molecule has 3 aliphatic carbocycles. The molecule has 3 rings (SSSR count). The molecular weight excluding hydrogens is 184 g/mol. The Kier molecular flexibility index (Phi) is 1.75. The Morgan fingerprint density at radius 3 is 2.85 bits per heavy atom. The van der Waals surface area contributed by atoms with Gasteiger partial charge in [0.15, 0.2) is 0 Å². The summed E-state index contributed by atoms with van der Waals surface area (Å²) in [7, 11) is 0. The van der Waals surface area contributed by atoms with Crippen molar-refractivity contribution in [3.63, 3.8) is 0 Å². The van der Waals surface area contributed by atoms with E-state index in [-0.39, 0.29) is 6.10 Å². The maximum Gasteiger partial charge on any atom is 0.0923 e. The summed E-state index contributed by atoms with van der Waals surface area (Å²) in [5.74, 6) is 2.78. The number of aliphatic hydroxyl groups is 1. The molecular formula is C11H15ClO. The van der Waals surface area contributed by atoms with Gasteiger partial charge in [-0.3, -0.25) is 0 Å². The zero-order valence-electron chi connectivity index (χ0n) is 7.62. The minimum Gasteiger partial charge on any atom is -0.387 e. The van der Waals surface area contributed by atoms with Crippen LogP contribution in [0.2, 0.25) is 0 Å². The molecule has 0 amide bonds. The first-order chi connectivity index (χ1) is 6.27. The van der Waals surface area contributed by atoms with Gasteiger partial charge in [-0.05, 0) is 42.9 Å². The highest BCUT2D eigenvalue weighted by Crippen LogP contribution is 2.56.